The zero-order chi connectivity index (χ0) is 12.8. The summed E-state index contributed by atoms with van der Waals surface area (Å²) in [5.74, 6) is 0.940. The van der Waals surface area contributed by atoms with Gasteiger partial charge in [0.25, 0.3) is 0 Å². The summed E-state index contributed by atoms with van der Waals surface area (Å²) >= 11 is 0. The molecule has 17 heavy (non-hydrogen) atoms. The maximum atomic E-state index is 9.41. The highest BCUT2D eigenvalue weighted by molar-refractivity contribution is 5.19. The molecular weight excluding hydrogens is 210 g/mol. The third-order valence-corrected chi connectivity index (χ3v) is 3.22. The number of hydrogen-bond donors (Lipinski definition) is 2. The maximum Gasteiger partial charge on any atom is 0.0587 e. The summed E-state index contributed by atoms with van der Waals surface area (Å²) in [6.07, 6.45) is 0. The summed E-state index contributed by atoms with van der Waals surface area (Å²) in [5.41, 5.74) is 1.29. The predicted molar refractivity (Wildman–Crippen MR) is 72.9 cm³/mol. The largest absolute Gasteiger partial charge is 0.395 e. The molecule has 96 valence electrons. The normalized spacial score (nSPS) is 15.2. The molecule has 2 N–H and O–H groups in total. The fraction of sp³-hybridized carbons (Fsp3) is 0.600. The van der Waals surface area contributed by atoms with Crippen LogP contribution in [-0.2, 0) is 0 Å². The maximum absolute atomic E-state index is 9.41. The Hall–Kier alpha value is -0.860. The molecular formula is C15H25NO. The van der Waals surface area contributed by atoms with E-state index < -0.39 is 0 Å². The molecule has 2 nitrogen and oxygen atoms in total. The molecule has 0 radical (unpaired) electrons. The quantitative estimate of drug-likeness (QED) is 0.794. The minimum absolute atomic E-state index is 0.155. The molecule has 0 amide bonds. The number of hydrogen-bond acceptors (Lipinski definition) is 2. The van der Waals surface area contributed by atoms with Crippen LogP contribution in [0, 0.1) is 11.8 Å². The van der Waals surface area contributed by atoms with Crippen LogP contribution >= 0.6 is 0 Å². The third-order valence-electron chi connectivity index (χ3n) is 3.22. The van der Waals surface area contributed by atoms with E-state index in [2.05, 4.69) is 57.3 Å². The molecule has 0 bridgehead atoms. The second-order valence-electron chi connectivity index (χ2n) is 5.33. The van der Waals surface area contributed by atoms with Crippen LogP contribution in [0.5, 0.6) is 0 Å². The summed E-state index contributed by atoms with van der Waals surface area (Å²) in [4.78, 5) is 0. The number of nitrogens with one attached hydrogen (secondary N) is 1. The molecule has 0 heterocycles. The van der Waals surface area contributed by atoms with Gasteiger partial charge in [-0.05, 0) is 17.4 Å². The van der Waals surface area contributed by atoms with Crippen LogP contribution in [0.15, 0.2) is 30.3 Å². The van der Waals surface area contributed by atoms with Gasteiger partial charge in [-0.1, -0.05) is 58.0 Å². The highest BCUT2D eigenvalue weighted by atomic mass is 16.3. The van der Waals surface area contributed by atoms with Crippen molar-refractivity contribution in [1.82, 2.24) is 5.32 Å². The van der Waals surface area contributed by atoms with E-state index in [1.165, 1.54) is 5.56 Å². The van der Waals surface area contributed by atoms with Crippen LogP contribution < -0.4 is 5.32 Å². The number of aliphatic hydroxyl groups excluding tert-OH is 1. The van der Waals surface area contributed by atoms with Gasteiger partial charge in [-0.2, -0.15) is 0 Å². The zero-order valence-electron chi connectivity index (χ0n) is 11.4. The molecule has 0 fully saturated rings. The van der Waals surface area contributed by atoms with Crippen molar-refractivity contribution in [2.75, 3.05) is 6.61 Å². The first-order chi connectivity index (χ1) is 8.06. The number of rotatable bonds is 6. The Balaban J connectivity index is 2.80. The van der Waals surface area contributed by atoms with Crippen LogP contribution in [0.1, 0.15) is 39.3 Å². The van der Waals surface area contributed by atoms with Gasteiger partial charge < -0.3 is 10.4 Å². The lowest BCUT2D eigenvalue weighted by molar-refractivity contribution is 0.188. The molecule has 0 aromatic heterocycles. The van der Waals surface area contributed by atoms with E-state index in [-0.39, 0.29) is 12.6 Å². The average Bonchev–Trinajstić information content (AvgIpc) is 2.30. The van der Waals surface area contributed by atoms with Gasteiger partial charge in [-0.3, -0.25) is 0 Å². The number of aliphatic hydroxyl groups is 1. The van der Waals surface area contributed by atoms with Gasteiger partial charge in [-0.15, -0.1) is 0 Å². The molecule has 0 saturated carbocycles. The molecule has 2 atom stereocenters. The summed E-state index contributed by atoms with van der Waals surface area (Å²) in [6.45, 7) is 8.87. The van der Waals surface area contributed by atoms with Gasteiger partial charge in [0.2, 0.25) is 0 Å². The molecule has 0 aliphatic heterocycles. The lowest BCUT2D eigenvalue weighted by Gasteiger charge is -2.30. The SMILES string of the molecule is CC(C)C(CO)NC(c1ccccc1)C(C)C. The van der Waals surface area contributed by atoms with Crippen molar-refractivity contribution < 1.29 is 5.11 Å². The lowest BCUT2D eigenvalue weighted by atomic mass is 9.93. The van der Waals surface area contributed by atoms with E-state index in [0.717, 1.165) is 0 Å². The molecule has 0 aliphatic carbocycles. The Labute approximate surface area is 105 Å². The van der Waals surface area contributed by atoms with Gasteiger partial charge in [0, 0.05) is 12.1 Å². The van der Waals surface area contributed by atoms with E-state index in [0.29, 0.717) is 17.9 Å². The van der Waals surface area contributed by atoms with Crippen LogP contribution in [0.25, 0.3) is 0 Å². The molecule has 1 aromatic carbocycles. The monoisotopic (exact) mass is 235 g/mol. The lowest BCUT2D eigenvalue weighted by Crippen LogP contribution is -2.41. The summed E-state index contributed by atoms with van der Waals surface area (Å²) < 4.78 is 0. The molecule has 2 unspecified atom stereocenters. The van der Waals surface area contributed by atoms with Gasteiger partial charge in [0.1, 0.15) is 0 Å². The molecule has 0 spiro atoms. The highest BCUT2D eigenvalue weighted by Gasteiger charge is 2.21. The standard InChI is InChI=1S/C15H25NO/c1-11(2)14(10-17)16-15(12(3)4)13-8-6-5-7-9-13/h5-9,11-12,14-17H,10H2,1-4H3. The first-order valence-corrected chi connectivity index (χ1v) is 6.48. The minimum atomic E-state index is 0.155. The fourth-order valence-corrected chi connectivity index (χ4v) is 2.02. The fourth-order valence-electron chi connectivity index (χ4n) is 2.02. The van der Waals surface area contributed by atoms with Gasteiger partial charge in [-0.25, -0.2) is 0 Å². The second kappa shape index (κ2) is 6.77. The van der Waals surface area contributed by atoms with Crippen molar-refractivity contribution in [1.29, 1.82) is 0 Å². The Kier molecular flexibility index (Phi) is 5.66. The summed E-state index contributed by atoms with van der Waals surface area (Å²) in [5, 5.41) is 13.0. The van der Waals surface area contributed by atoms with Gasteiger partial charge in [0.05, 0.1) is 6.61 Å². The molecule has 2 heteroatoms. The van der Waals surface area contributed by atoms with Crippen molar-refractivity contribution in [2.45, 2.75) is 39.8 Å². The summed E-state index contributed by atoms with van der Waals surface area (Å²) in [6, 6.07) is 10.9. The topological polar surface area (TPSA) is 32.3 Å². The van der Waals surface area contributed by atoms with E-state index in [1.54, 1.807) is 0 Å². The second-order valence-corrected chi connectivity index (χ2v) is 5.33. The van der Waals surface area contributed by atoms with Crippen molar-refractivity contribution in [3.63, 3.8) is 0 Å². The molecule has 0 aliphatic rings. The Bertz CT molecular complexity index is 308. The van der Waals surface area contributed by atoms with Crippen molar-refractivity contribution in [2.24, 2.45) is 11.8 Å². The molecule has 1 rings (SSSR count). The van der Waals surface area contributed by atoms with Gasteiger partial charge in [0.15, 0.2) is 0 Å². The van der Waals surface area contributed by atoms with Crippen LogP contribution in [0.4, 0.5) is 0 Å². The van der Waals surface area contributed by atoms with E-state index in [4.69, 9.17) is 0 Å². The highest BCUT2D eigenvalue weighted by Crippen LogP contribution is 2.23. The Morgan fingerprint density at radius 2 is 1.59 bits per heavy atom. The molecule has 1 aromatic rings. The van der Waals surface area contributed by atoms with E-state index in [1.807, 2.05) is 6.07 Å². The average molecular weight is 235 g/mol. The van der Waals surface area contributed by atoms with Crippen LogP contribution in [-0.4, -0.2) is 17.8 Å². The predicted octanol–water partition coefficient (Wildman–Crippen LogP) is 2.99. The Morgan fingerprint density at radius 1 is 1.00 bits per heavy atom. The van der Waals surface area contributed by atoms with Crippen LogP contribution in [0.3, 0.4) is 0 Å². The van der Waals surface area contributed by atoms with E-state index in [9.17, 15) is 5.11 Å². The van der Waals surface area contributed by atoms with Gasteiger partial charge >= 0.3 is 0 Å². The summed E-state index contributed by atoms with van der Waals surface area (Å²) in [7, 11) is 0. The Morgan fingerprint density at radius 3 is 2.00 bits per heavy atom. The van der Waals surface area contributed by atoms with E-state index >= 15 is 0 Å². The first-order valence-electron chi connectivity index (χ1n) is 6.48. The molecule has 0 saturated heterocycles. The minimum Gasteiger partial charge on any atom is -0.395 e. The van der Waals surface area contributed by atoms with Crippen molar-refractivity contribution >= 4 is 0 Å². The van der Waals surface area contributed by atoms with Crippen LogP contribution in [0.2, 0.25) is 0 Å². The zero-order valence-corrected chi connectivity index (χ0v) is 11.4. The smallest absolute Gasteiger partial charge is 0.0587 e. The van der Waals surface area contributed by atoms with Crippen molar-refractivity contribution in [3.05, 3.63) is 35.9 Å². The first kappa shape index (κ1) is 14.2. The third kappa shape index (κ3) is 4.14. The van der Waals surface area contributed by atoms with Crippen molar-refractivity contribution in [3.8, 4) is 0 Å². The number of benzene rings is 1.